The number of fused-ring (bicyclic) bond motifs is 1. The molecule has 0 aliphatic carbocycles. The van der Waals surface area contributed by atoms with Gasteiger partial charge in [-0.25, -0.2) is 4.98 Å². The molecule has 0 saturated heterocycles. The second-order valence-corrected chi connectivity index (χ2v) is 10.2. The van der Waals surface area contributed by atoms with Gasteiger partial charge in [-0.05, 0) is 24.6 Å². The van der Waals surface area contributed by atoms with Crippen molar-refractivity contribution in [3.63, 3.8) is 0 Å². The van der Waals surface area contributed by atoms with Gasteiger partial charge in [0.1, 0.15) is 0 Å². The predicted molar refractivity (Wildman–Crippen MR) is 133 cm³/mol. The van der Waals surface area contributed by atoms with Gasteiger partial charge in [-0.2, -0.15) is 0 Å². The highest BCUT2D eigenvalue weighted by Crippen LogP contribution is 2.38. The fourth-order valence-corrected chi connectivity index (χ4v) is 5.93. The van der Waals surface area contributed by atoms with Gasteiger partial charge in [-0.15, -0.1) is 21.5 Å². The summed E-state index contributed by atoms with van der Waals surface area (Å²) in [5.41, 5.74) is 4.28. The lowest BCUT2D eigenvalue weighted by Gasteiger charge is -2.07. The van der Waals surface area contributed by atoms with E-state index < -0.39 is 0 Å². The van der Waals surface area contributed by atoms with Crippen LogP contribution in [0.2, 0.25) is 0 Å². The minimum Gasteiger partial charge on any atom is -0.305 e. The number of thiazole rings is 1. The lowest BCUT2D eigenvalue weighted by Crippen LogP contribution is -2.14. The molecule has 0 atom stereocenters. The molecule has 0 unspecified atom stereocenters. The van der Waals surface area contributed by atoms with E-state index >= 15 is 0 Å². The monoisotopic (exact) mass is 477 g/mol. The van der Waals surface area contributed by atoms with E-state index in [4.69, 9.17) is 0 Å². The van der Waals surface area contributed by atoms with E-state index in [1.807, 2.05) is 54.1 Å². The molecule has 5 rings (SSSR count). The summed E-state index contributed by atoms with van der Waals surface area (Å²) >= 11 is 4.53. The van der Waals surface area contributed by atoms with Crippen LogP contribution in [0.15, 0.2) is 65.1 Å². The Kier molecular flexibility index (Phi) is 5.77. The van der Waals surface area contributed by atoms with Crippen LogP contribution >= 0.6 is 34.4 Å². The zero-order chi connectivity index (χ0) is 22.1. The van der Waals surface area contributed by atoms with Gasteiger partial charge < -0.3 is 9.88 Å². The second kappa shape index (κ2) is 8.85. The van der Waals surface area contributed by atoms with Gasteiger partial charge in [0.05, 0.1) is 16.0 Å². The SMILES string of the molecule is Cc1scc(-c2nnc(SCC(=O)Nc3nc4ccccc4s3)n2C)c1-c1ccccc1. The lowest BCUT2D eigenvalue weighted by atomic mass is 10.0. The van der Waals surface area contributed by atoms with Crippen LogP contribution in [-0.2, 0) is 11.8 Å². The second-order valence-electron chi connectivity index (χ2n) is 7.14. The van der Waals surface area contributed by atoms with Crippen molar-refractivity contribution in [3.05, 3.63) is 64.9 Å². The van der Waals surface area contributed by atoms with Crippen LogP contribution < -0.4 is 5.32 Å². The number of aryl methyl sites for hydroxylation is 1. The number of carbonyl (C=O) groups is 1. The molecular formula is C23H19N5OS3. The van der Waals surface area contributed by atoms with Crippen molar-refractivity contribution in [2.24, 2.45) is 7.05 Å². The number of aromatic nitrogens is 4. The summed E-state index contributed by atoms with van der Waals surface area (Å²) in [5.74, 6) is 0.910. The molecule has 3 aromatic heterocycles. The first-order valence-electron chi connectivity index (χ1n) is 9.91. The lowest BCUT2D eigenvalue weighted by molar-refractivity contribution is -0.113. The molecule has 3 heterocycles. The molecule has 0 fully saturated rings. The van der Waals surface area contributed by atoms with Crippen molar-refractivity contribution in [3.8, 4) is 22.5 Å². The van der Waals surface area contributed by atoms with Crippen molar-refractivity contribution in [1.29, 1.82) is 0 Å². The fraction of sp³-hybridized carbons (Fsp3) is 0.130. The summed E-state index contributed by atoms with van der Waals surface area (Å²) in [5, 5.41) is 15.1. The minimum atomic E-state index is -0.116. The highest BCUT2D eigenvalue weighted by atomic mass is 32.2. The molecule has 0 aliphatic rings. The van der Waals surface area contributed by atoms with Crippen LogP contribution in [0, 0.1) is 6.92 Å². The molecular weight excluding hydrogens is 458 g/mol. The average molecular weight is 478 g/mol. The Bertz CT molecular complexity index is 1370. The Hall–Kier alpha value is -3.01. The maximum atomic E-state index is 12.5. The number of amides is 1. The molecule has 0 spiro atoms. The molecule has 0 saturated carbocycles. The number of hydrogen-bond donors (Lipinski definition) is 1. The number of thioether (sulfide) groups is 1. The first-order valence-corrected chi connectivity index (χ1v) is 12.6. The van der Waals surface area contributed by atoms with Gasteiger partial charge in [0, 0.05) is 28.4 Å². The third-order valence-corrected chi connectivity index (χ3v) is 7.87. The van der Waals surface area contributed by atoms with Crippen LogP contribution in [0.25, 0.3) is 32.7 Å². The molecule has 0 aliphatic heterocycles. The summed E-state index contributed by atoms with van der Waals surface area (Å²) in [7, 11) is 1.94. The quantitative estimate of drug-likeness (QED) is 0.310. The Labute approximate surface area is 197 Å². The molecule has 5 aromatic rings. The molecule has 0 radical (unpaired) electrons. The maximum absolute atomic E-state index is 12.5. The molecule has 1 amide bonds. The standard InChI is InChI=1S/C23H19N5OS3/c1-14-20(15-8-4-3-5-9-15)16(12-30-14)21-26-27-23(28(21)2)31-13-19(29)25-22-24-17-10-6-7-11-18(17)32-22/h3-12H,13H2,1-2H3,(H,24,25,29). The number of hydrogen-bond acceptors (Lipinski definition) is 7. The van der Waals surface area contributed by atoms with Gasteiger partial charge in [-0.1, -0.05) is 65.6 Å². The van der Waals surface area contributed by atoms with E-state index in [1.54, 1.807) is 11.3 Å². The molecule has 6 nitrogen and oxygen atoms in total. The van der Waals surface area contributed by atoms with Gasteiger partial charge in [-0.3, -0.25) is 4.79 Å². The number of carbonyl (C=O) groups excluding carboxylic acids is 1. The molecule has 160 valence electrons. The van der Waals surface area contributed by atoms with Crippen molar-refractivity contribution >= 4 is 55.7 Å². The smallest absolute Gasteiger partial charge is 0.236 e. The number of nitrogens with one attached hydrogen (secondary N) is 1. The first kappa shape index (κ1) is 20.9. The Balaban J connectivity index is 1.31. The summed E-state index contributed by atoms with van der Waals surface area (Å²) in [6.07, 6.45) is 0. The van der Waals surface area contributed by atoms with E-state index in [0.717, 1.165) is 27.2 Å². The van der Waals surface area contributed by atoms with Crippen molar-refractivity contribution < 1.29 is 4.79 Å². The Morgan fingerprint density at radius 2 is 1.88 bits per heavy atom. The molecule has 32 heavy (non-hydrogen) atoms. The van der Waals surface area contributed by atoms with Gasteiger partial charge in [0.15, 0.2) is 16.1 Å². The number of rotatable bonds is 6. The zero-order valence-corrected chi connectivity index (χ0v) is 19.9. The number of anilines is 1. The summed E-state index contributed by atoms with van der Waals surface area (Å²) in [6, 6.07) is 18.1. The molecule has 1 N–H and O–H groups in total. The minimum absolute atomic E-state index is 0.116. The zero-order valence-electron chi connectivity index (χ0n) is 17.4. The van der Waals surface area contributed by atoms with Gasteiger partial charge in [0.25, 0.3) is 0 Å². The normalized spacial score (nSPS) is 11.2. The van der Waals surface area contributed by atoms with Gasteiger partial charge >= 0.3 is 0 Å². The van der Waals surface area contributed by atoms with Crippen LogP contribution in [0.5, 0.6) is 0 Å². The van der Waals surface area contributed by atoms with Crippen molar-refractivity contribution in [1.82, 2.24) is 19.7 Å². The topological polar surface area (TPSA) is 72.7 Å². The third-order valence-electron chi connectivity index (χ3n) is 4.99. The summed E-state index contributed by atoms with van der Waals surface area (Å²) in [6.45, 7) is 2.12. The van der Waals surface area contributed by atoms with E-state index in [9.17, 15) is 4.79 Å². The predicted octanol–water partition coefficient (Wildman–Crippen LogP) is 5.86. The average Bonchev–Trinajstić information content (AvgIpc) is 3.49. The number of thiophene rings is 1. The number of nitrogens with zero attached hydrogens (tertiary/aromatic N) is 4. The number of para-hydroxylation sites is 1. The molecule has 9 heteroatoms. The summed E-state index contributed by atoms with van der Waals surface area (Å²) < 4.78 is 3.00. The van der Waals surface area contributed by atoms with Crippen molar-refractivity contribution in [2.75, 3.05) is 11.1 Å². The Morgan fingerprint density at radius 3 is 2.69 bits per heavy atom. The first-order chi connectivity index (χ1) is 15.6. The van der Waals surface area contributed by atoms with Crippen LogP contribution in [0.4, 0.5) is 5.13 Å². The van der Waals surface area contributed by atoms with Crippen LogP contribution in [0.3, 0.4) is 0 Å². The van der Waals surface area contributed by atoms with E-state index in [2.05, 4.69) is 44.9 Å². The largest absolute Gasteiger partial charge is 0.305 e. The van der Waals surface area contributed by atoms with E-state index in [-0.39, 0.29) is 11.7 Å². The fourth-order valence-electron chi connectivity index (χ4n) is 3.47. The van der Waals surface area contributed by atoms with E-state index in [0.29, 0.717) is 10.3 Å². The summed E-state index contributed by atoms with van der Waals surface area (Å²) in [4.78, 5) is 18.2. The van der Waals surface area contributed by atoms with Gasteiger partial charge in [0.2, 0.25) is 5.91 Å². The van der Waals surface area contributed by atoms with Crippen LogP contribution in [0.1, 0.15) is 4.88 Å². The highest BCUT2D eigenvalue weighted by molar-refractivity contribution is 7.99. The number of benzene rings is 2. The Morgan fingerprint density at radius 1 is 1.09 bits per heavy atom. The van der Waals surface area contributed by atoms with Crippen molar-refractivity contribution in [2.45, 2.75) is 12.1 Å². The maximum Gasteiger partial charge on any atom is 0.236 e. The molecule has 0 bridgehead atoms. The highest BCUT2D eigenvalue weighted by Gasteiger charge is 2.19. The van der Waals surface area contributed by atoms with Crippen LogP contribution in [-0.4, -0.2) is 31.4 Å². The third kappa shape index (κ3) is 4.06. The van der Waals surface area contributed by atoms with E-state index in [1.165, 1.54) is 33.5 Å². The molecule has 2 aromatic carbocycles.